The largest absolute Gasteiger partial charge is 0.497 e. The van der Waals surface area contributed by atoms with Gasteiger partial charge < -0.3 is 4.74 Å². The Morgan fingerprint density at radius 2 is 1.49 bits per heavy atom. The van der Waals surface area contributed by atoms with Crippen LogP contribution in [-0.2, 0) is 0 Å². The Bertz CT molecular complexity index is 1950. The van der Waals surface area contributed by atoms with Gasteiger partial charge in [0.25, 0.3) is 0 Å². The summed E-state index contributed by atoms with van der Waals surface area (Å²) < 4.78 is 9.35. The first kappa shape index (κ1) is 23.1. The van der Waals surface area contributed by atoms with Crippen LogP contribution in [0.3, 0.4) is 0 Å². The van der Waals surface area contributed by atoms with E-state index in [1.807, 2.05) is 78.9 Å². The molecule has 39 heavy (non-hydrogen) atoms. The summed E-state index contributed by atoms with van der Waals surface area (Å²) in [5, 5.41) is 14.2. The molecule has 0 aliphatic rings. The van der Waals surface area contributed by atoms with Crippen LogP contribution in [0.1, 0.15) is 0 Å². The maximum absolute atomic E-state index is 6.39. The first-order chi connectivity index (χ1) is 19.2. The molecule has 0 spiro atoms. The Morgan fingerprint density at radius 3 is 2.21 bits per heavy atom. The number of hydrogen-bond acceptors (Lipinski definition) is 5. The third-order valence-electron chi connectivity index (χ3n) is 6.77. The molecule has 0 saturated carbocycles. The van der Waals surface area contributed by atoms with Crippen LogP contribution < -0.4 is 4.74 Å². The van der Waals surface area contributed by atoms with E-state index in [0.29, 0.717) is 16.5 Å². The average Bonchev–Trinajstić information content (AvgIpc) is 3.64. The van der Waals surface area contributed by atoms with Crippen LogP contribution in [0.15, 0.2) is 109 Å². The molecular formula is C31H21ClN6O. The molecular weight excluding hydrogens is 508 g/mol. The van der Waals surface area contributed by atoms with E-state index in [1.165, 1.54) is 0 Å². The topological polar surface area (TPSA) is 70.1 Å². The van der Waals surface area contributed by atoms with Gasteiger partial charge >= 0.3 is 0 Å². The molecule has 188 valence electrons. The molecule has 7 rings (SSSR count). The second-order valence-corrected chi connectivity index (χ2v) is 9.51. The fraction of sp³-hybridized carbons (Fsp3) is 0.0323. The summed E-state index contributed by atoms with van der Waals surface area (Å²) in [6.07, 6.45) is 0. The molecule has 0 aliphatic heterocycles. The Balaban J connectivity index is 1.62. The fourth-order valence-corrected chi connectivity index (χ4v) is 5.16. The van der Waals surface area contributed by atoms with Crippen molar-refractivity contribution in [1.29, 1.82) is 0 Å². The van der Waals surface area contributed by atoms with Crippen LogP contribution in [0, 0.1) is 0 Å². The molecule has 8 heteroatoms. The highest BCUT2D eigenvalue weighted by molar-refractivity contribution is 6.31. The van der Waals surface area contributed by atoms with E-state index in [1.54, 1.807) is 11.6 Å². The standard InChI is InChI=1S/C31H21ClN6O/c1-39-25-15-13-24(14-16-25)37-29(21-10-6-3-7-11-21)28(20-8-4-2-5-9-20)33-30(37)26-19-22-18-23(32)12-17-27(22)38-31(26)34-35-36-38/h2-19H,1H3. The molecule has 0 atom stereocenters. The zero-order valence-electron chi connectivity index (χ0n) is 20.9. The molecule has 0 aliphatic carbocycles. The highest BCUT2D eigenvalue weighted by atomic mass is 35.5. The molecule has 0 amide bonds. The van der Waals surface area contributed by atoms with Gasteiger partial charge in [0.05, 0.1) is 29.6 Å². The molecule has 4 aromatic carbocycles. The Labute approximate surface area is 228 Å². The van der Waals surface area contributed by atoms with Crippen LogP contribution >= 0.6 is 11.6 Å². The molecule has 3 aromatic heterocycles. The summed E-state index contributed by atoms with van der Waals surface area (Å²) in [7, 11) is 1.66. The number of ether oxygens (including phenoxy) is 1. The van der Waals surface area contributed by atoms with E-state index in [-0.39, 0.29) is 0 Å². The van der Waals surface area contributed by atoms with Gasteiger partial charge in [-0.3, -0.25) is 4.57 Å². The van der Waals surface area contributed by atoms with Crippen molar-refractivity contribution < 1.29 is 4.74 Å². The maximum atomic E-state index is 6.39. The lowest BCUT2D eigenvalue weighted by atomic mass is 10.0. The number of benzene rings is 4. The minimum absolute atomic E-state index is 0.601. The second-order valence-electron chi connectivity index (χ2n) is 9.07. The lowest BCUT2D eigenvalue weighted by Crippen LogP contribution is -2.02. The number of rotatable bonds is 5. The monoisotopic (exact) mass is 528 g/mol. The predicted molar refractivity (Wildman–Crippen MR) is 153 cm³/mol. The van der Waals surface area contributed by atoms with Gasteiger partial charge in [-0.05, 0) is 59.0 Å². The first-order valence-corrected chi connectivity index (χ1v) is 12.8. The zero-order chi connectivity index (χ0) is 26.3. The molecule has 0 fully saturated rings. The summed E-state index contributed by atoms with van der Waals surface area (Å²) >= 11 is 6.39. The molecule has 0 unspecified atom stereocenters. The highest BCUT2D eigenvalue weighted by Crippen LogP contribution is 2.40. The molecule has 3 heterocycles. The lowest BCUT2D eigenvalue weighted by molar-refractivity contribution is 0.415. The maximum Gasteiger partial charge on any atom is 0.190 e. The van der Waals surface area contributed by atoms with E-state index in [2.05, 4.69) is 50.4 Å². The van der Waals surface area contributed by atoms with Gasteiger partial charge in [-0.15, -0.1) is 5.10 Å². The summed E-state index contributed by atoms with van der Waals surface area (Å²) in [4.78, 5) is 5.29. The number of pyridine rings is 1. The Hall–Kier alpha value is -5.01. The number of nitrogens with zero attached hydrogens (tertiary/aromatic N) is 6. The summed E-state index contributed by atoms with van der Waals surface area (Å²) in [6, 6.07) is 36.2. The number of imidazole rings is 1. The van der Waals surface area contributed by atoms with Crippen molar-refractivity contribution in [2.75, 3.05) is 7.11 Å². The lowest BCUT2D eigenvalue weighted by Gasteiger charge is -2.15. The summed E-state index contributed by atoms with van der Waals surface area (Å²) in [6.45, 7) is 0. The summed E-state index contributed by atoms with van der Waals surface area (Å²) in [5.74, 6) is 1.48. The van der Waals surface area contributed by atoms with Crippen LogP contribution in [0.4, 0.5) is 0 Å². The predicted octanol–water partition coefficient (Wildman–Crippen LogP) is 7.13. The fourth-order valence-electron chi connectivity index (χ4n) is 4.98. The number of aromatic nitrogens is 6. The van der Waals surface area contributed by atoms with Gasteiger partial charge in [0.1, 0.15) is 11.6 Å². The van der Waals surface area contributed by atoms with E-state index in [0.717, 1.165) is 50.4 Å². The number of fused-ring (bicyclic) bond motifs is 3. The van der Waals surface area contributed by atoms with Gasteiger partial charge in [-0.1, -0.05) is 72.3 Å². The average molecular weight is 529 g/mol. The quantitative estimate of drug-likeness (QED) is 0.238. The minimum Gasteiger partial charge on any atom is -0.497 e. The van der Waals surface area contributed by atoms with Crippen molar-refractivity contribution in [2.24, 2.45) is 0 Å². The van der Waals surface area contributed by atoms with Crippen molar-refractivity contribution in [3.05, 3.63) is 114 Å². The normalized spacial score (nSPS) is 11.3. The van der Waals surface area contributed by atoms with Gasteiger partial charge in [-0.25, -0.2) is 4.98 Å². The minimum atomic E-state index is 0.601. The van der Waals surface area contributed by atoms with Crippen LogP contribution in [0.2, 0.25) is 5.02 Å². The zero-order valence-corrected chi connectivity index (χ0v) is 21.6. The van der Waals surface area contributed by atoms with E-state index in [4.69, 9.17) is 21.3 Å². The Morgan fingerprint density at radius 1 is 0.769 bits per heavy atom. The van der Waals surface area contributed by atoms with Gasteiger partial charge in [0.2, 0.25) is 0 Å². The molecule has 7 nitrogen and oxygen atoms in total. The van der Waals surface area contributed by atoms with Crippen molar-refractivity contribution >= 4 is 28.2 Å². The van der Waals surface area contributed by atoms with Gasteiger partial charge in [0.15, 0.2) is 5.65 Å². The van der Waals surface area contributed by atoms with E-state index >= 15 is 0 Å². The number of tetrazole rings is 1. The molecule has 0 N–H and O–H groups in total. The second kappa shape index (κ2) is 9.38. The number of hydrogen-bond donors (Lipinski definition) is 0. The molecule has 0 bridgehead atoms. The molecule has 0 radical (unpaired) electrons. The van der Waals surface area contributed by atoms with E-state index in [9.17, 15) is 0 Å². The van der Waals surface area contributed by atoms with Crippen molar-refractivity contribution in [1.82, 2.24) is 29.6 Å². The molecule has 7 aromatic rings. The first-order valence-electron chi connectivity index (χ1n) is 12.4. The number of methoxy groups -OCH3 is 1. The SMILES string of the molecule is COc1ccc(-n2c(-c3cc4cc(Cl)ccc4n4nnnc34)nc(-c3ccccc3)c2-c2ccccc2)cc1. The van der Waals surface area contributed by atoms with Crippen molar-refractivity contribution in [3.63, 3.8) is 0 Å². The van der Waals surface area contributed by atoms with Crippen molar-refractivity contribution in [2.45, 2.75) is 0 Å². The highest BCUT2D eigenvalue weighted by Gasteiger charge is 2.25. The van der Waals surface area contributed by atoms with Gasteiger partial charge in [-0.2, -0.15) is 4.52 Å². The van der Waals surface area contributed by atoms with Gasteiger partial charge in [0, 0.05) is 27.2 Å². The third-order valence-corrected chi connectivity index (χ3v) is 7.01. The smallest absolute Gasteiger partial charge is 0.190 e. The third kappa shape index (κ3) is 3.91. The Kier molecular flexibility index (Phi) is 5.56. The van der Waals surface area contributed by atoms with Crippen molar-refractivity contribution in [3.8, 4) is 45.3 Å². The van der Waals surface area contributed by atoms with Crippen LogP contribution in [0.5, 0.6) is 5.75 Å². The number of halogens is 1. The van der Waals surface area contributed by atoms with E-state index < -0.39 is 0 Å². The van der Waals surface area contributed by atoms with Crippen LogP contribution in [-0.4, -0.2) is 36.7 Å². The summed E-state index contributed by atoms with van der Waals surface area (Å²) in [5.41, 5.74) is 7.01. The molecule has 0 saturated heterocycles. The van der Waals surface area contributed by atoms with Crippen LogP contribution in [0.25, 0.3) is 56.1 Å².